The molecule has 2 atom stereocenters. The standard InChI is InChI=1S/C10H16BrNO2/c11-6-9-2-1-4-12(9)10(13)8-3-5-14-7-8/h8-9H,1-7H2. The third-order valence-corrected chi connectivity index (χ3v) is 3.86. The maximum absolute atomic E-state index is 12.0. The molecule has 2 saturated heterocycles. The van der Waals surface area contributed by atoms with Gasteiger partial charge in [0.05, 0.1) is 12.5 Å². The van der Waals surface area contributed by atoms with E-state index in [9.17, 15) is 4.79 Å². The molecule has 2 unspecified atom stereocenters. The van der Waals surface area contributed by atoms with Crippen molar-refractivity contribution in [3.63, 3.8) is 0 Å². The number of nitrogens with zero attached hydrogens (tertiary/aromatic N) is 1. The van der Waals surface area contributed by atoms with E-state index in [0.29, 0.717) is 18.6 Å². The molecule has 14 heavy (non-hydrogen) atoms. The number of hydrogen-bond acceptors (Lipinski definition) is 2. The van der Waals surface area contributed by atoms with Crippen molar-refractivity contribution in [2.75, 3.05) is 25.1 Å². The summed E-state index contributed by atoms with van der Waals surface area (Å²) in [5.74, 6) is 0.444. The molecule has 2 heterocycles. The van der Waals surface area contributed by atoms with Gasteiger partial charge in [-0.15, -0.1) is 0 Å². The molecule has 80 valence electrons. The Bertz CT molecular complexity index is 216. The summed E-state index contributed by atoms with van der Waals surface area (Å²) in [6, 6.07) is 0.420. The molecule has 0 aromatic heterocycles. The summed E-state index contributed by atoms with van der Waals surface area (Å²) in [7, 11) is 0. The number of amides is 1. The van der Waals surface area contributed by atoms with E-state index >= 15 is 0 Å². The van der Waals surface area contributed by atoms with Crippen molar-refractivity contribution in [3.8, 4) is 0 Å². The lowest BCUT2D eigenvalue weighted by molar-refractivity contribution is -0.135. The molecule has 0 aliphatic carbocycles. The fourth-order valence-corrected chi connectivity index (χ4v) is 2.92. The Morgan fingerprint density at radius 1 is 1.50 bits per heavy atom. The van der Waals surface area contributed by atoms with Crippen molar-refractivity contribution in [3.05, 3.63) is 0 Å². The van der Waals surface area contributed by atoms with Gasteiger partial charge >= 0.3 is 0 Å². The molecule has 2 aliphatic rings. The average Bonchev–Trinajstić information content (AvgIpc) is 2.87. The lowest BCUT2D eigenvalue weighted by Crippen LogP contribution is -2.40. The van der Waals surface area contributed by atoms with Crippen molar-refractivity contribution < 1.29 is 9.53 Å². The van der Waals surface area contributed by atoms with Gasteiger partial charge in [0.15, 0.2) is 0 Å². The van der Waals surface area contributed by atoms with Crippen LogP contribution in [-0.4, -0.2) is 41.9 Å². The van der Waals surface area contributed by atoms with Crippen molar-refractivity contribution in [1.29, 1.82) is 0 Å². The van der Waals surface area contributed by atoms with E-state index in [1.54, 1.807) is 0 Å². The van der Waals surface area contributed by atoms with Crippen LogP contribution in [-0.2, 0) is 9.53 Å². The number of likely N-dealkylation sites (tertiary alicyclic amines) is 1. The van der Waals surface area contributed by atoms with Gasteiger partial charge in [-0.25, -0.2) is 0 Å². The van der Waals surface area contributed by atoms with Crippen molar-refractivity contribution in [2.45, 2.75) is 25.3 Å². The maximum atomic E-state index is 12.0. The van der Waals surface area contributed by atoms with Gasteiger partial charge < -0.3 is 9.64 Å². The van der Waals surface area contributed by atoms with Crippen LogP contribution in [0.3, 0.4) is 0 Å². The third-order valence-electron chi connectivity index (χ3n) is 3.12. The van der Waals surface area contributed by atoms with E-state index in [0.717, 1.165) is 37.7 Å². The Balaban J connectivity index is 1.95. The predicted molar refractivity (Wildman–Crippen MR) is 57.5 cm³/mol. The summed E-state index contributed by atoms with van der Waals surface area (Å²) in [6.45, 7) is 2.32. The first-order valence-electron chi connectivity index (χ1n) is 5.27. The molecule has 0 radical (unpaired) electrons. The van der Waals surface area contributed by atoms with Crippen LogP contribution < -0.4 is 0 Å². The predicted octanol–water partition coefficient (Wildman–Crippen LogP) is 1.41. The topological polar surface area (TPSA) is 29.5 Å². The summed E-state index contributed by atoms with van der Waals surface area (Å²) in [6.07, 6.45) is 3.20. The molecule has 0 bridgehead atoms. The first-order chi connectivity index (χ1) is 6.83. The van der Waals surface area contributed by atoms with Crippen molar-refractivity contribution >= 4 is 21.8 Å². The fourth-order valence-electron chi connectivity index (χ4n) is 2.25. The Kier molecular flexibility index (Phi) is 3.44. The number of carbonyl (C=O) groups is 1. The van der Waals surface area contributed by atoms with E-state index in [1.165, 1.54) is 0 Å². The highest BCUT2D eigenvalue weighted by molar-refractivity contribution is 9.09. The first kappa shape index (κ1) is 10.4. The Labute approximate surface area is 92.9 Å². The van der Waals surface area contributed by atoms with E-state index in [2.05, 4.69) is 15.9 Å². The van der Waals surface area contributed by atoms with Crippen LogP contribution in [0.1, 0.15) is 19.3 Å². The van der Waals surface area contributed by atoms with Crippen LogP contribution >= 0.6 is 15.9 Å². The lowest BCUT2D eigenvalue weighted by atomic mass is 10.1. The minimum Gasteiger partial charge on any atom is -0.381 e. The van der Waals surface area contributed by atoms with Gasteiger partial charge in [0.2, 0.25) is 5.91 Å². The summed E-state index contributed by atoms with van der Waals surface area (Å²) in [5, 5.41) is 0.909. The van der Waals surface area contributed by atoms with E-state index in [-0.39, 0.29) is 5.92 Å². The second-order valence-electron chi connectivity index (χ2n) is 4.04. The molecule has 2 fully saturated rings. The van der Waals surface area contributed by atoms with E-state index in [4.69, 9.17) is 4.74 Å². The number of carbonyl (C=O) groups excluding carboxylic acids is 1. The molecule has 0 aromatic rings. The summed E-state index contributed by atoms with van der Waals surface area (Å²) < 4.78 is 5.25. The number of alkyl halides is 1. The van der Waals surface area contributed by atoms with Gasteiger partial charge in [-0.3, -0.25) is 4.79 Å². The van der Waals surface area contributed by atoms with Crippen molar-refractivity contribution in [2.24, 2.45) is 5.92 Å². The number of halogens is 1. The van der Waals surface area contributed by atoms with Crippen LogP contribution in [0, 0.1) is 5.92 Å². The first-order valence-corrected chi connectivity index (χ1v) is 6.39. The molecule has 0 saturated carbocycles. The molecular formula is C10H16BrNO2. The number of hydrogen-bond donors (Lipinski definition) is 0. The highest BCUT2D eigenvalue weighted by Gasteiger charge is 2.33. The Morgan fingerprint density at radius 3 is 3.00 bits per heavy atom. The van der Waals surface area contributed by atoms with Crippen LogP contribution in [0.15, 0.2) is 0 Å². The van der Waals surface area contributed by atoms with Gasteiger partial charge in [0, 0.05) is 24.5 Å². The molecule has 0 N–H and O–H groups in total. The van der Waals surface area contributed by atoms with Gasteiger partial charge in [0.1, 0.15) is 0 Å². The molecule has 2 aliphatic heterocycles. The molecule has 0 aromatic carbocycles. The maximum Gasteiger partial charge on any atom is 0.228 e. The van der Waals surface area contributed by atoms with Crippen LogP contribution in [0.2, 0.25) is 0 Å². The van der Waals surface area contributed by atoms with Crippen molar-refractivity contribution in [1.82, 2.24) is 4.90 Å². The zero-order chi connectivity index (χ0) is 9.97. The van der Waals surface area contributed by atoms with Gasteiger partial charge in [0.25, 0.3) is 0 Å². The minimum atomic E-state index is 0.134. The Morgan fingerprint density at radius 2 is 2.36 bits per heavy atom. The summed E-state index contributed by atoms with van der Waals surface area (Å²) >= 11 is 3.47. The molecule has 0 spiro atoms. The number of ether oxygens (including phenoxy) is 1. The highest BCUT2D eigenvalue weighted by Crippen LogP contribution is 2.24. The smallest absolute Gasteiger partial charge is 0.228 e. The van der Waals surface area contributed by atoms with Gasteiger partial charge in [-0.1, -0.05) is 15.9 Å². The average molecular weight is 262 g/mol. The molecular weight excluding hydrogens is 246 g/mol. The normalized spacial score (nSPS) is 32.5. The molecule has 2 rings (SSSR count). The quantitative estimate of drug-likeness (QED) is 0.704. The summed E-state index contributed by atoms with van der Waals surface area (Å²) in [5.41, 5.74) is 0. The monoisotopic (exact) mass is 261 g/mol. The Hall–Kier alpha value is -0.0900. The van der Waals surface area contributed by atoms with Crippen LogP contribution in [0.25, 0.3) is 0 Å². The lowest BCUT2D eigenvalue weighted by Gasteiger charge is -2.25. The van der Waals surface area contributed by atoms with Gasteiger partial charge in [-0.05, 0) is 19.3 Å². The van der Waals surface area contributed by atoms with Crippen LogP contribution in [0.4, 0.5) is 0 Å². The van der Waals surface area contributed by atoms with Crippen LogP contribution in [0.5, 0.6) is 0 Å². The zero-order valence-electron chi connectivity index (χ0n) is 8.25. The van der Waals surface area contributed by atoms with E-state index < -0.39 is 0 Å². The highest BCUT2D eigenvalue weighted by atomic mass is 79.9. The number of rotatable bonds is 2. The fraction of sp³-hybridized carbons (Fsp3) is 0.900. The zero-order valence-corrected chi connectivity index (χ0v) is 9.83. The summed E-state index contributed by atoms with van der Waals surface area (Å²) in [4.78, 5) is 14.1. The SMILES string of the molecule is O=C(C1CCOC1)N1CCCC1CBr. The van der Waals surface area contributed by atoms with Gasteiger partial charge in [-0.2, -0.15) is 0 Å². The minimum absolute atomic E-state index is 0.134. The largest absolute Gasteiger partial charge is 0.381 e. The third kappa shape index (κ3) is 1.96. The molecule has 1 amide bonds. The second-order valence-corrected chi connectivity index (χ2v) is 4.69. The second kappa shape index (κ2) is 4.62. The molecule has 4 heteroatoms. The molecule has 3 nitrogen and oxygen atoms in total. The van der Waals surface area contributed by atoms with E-state index in [1.807, 2.05) is 4.90 Å².